The van der Waals surface area contributed by atoms with E-state index in [4.69, 9.17) is 4.74 Å². The zero-order valence-corrected chi connectivity index (χ0v) is 13.9. The normalized spacial score (nSPS) is 18.7. The summed E-state index contributed by atoms with van der Waals surface area (Å²) in [7, 11) is 0. The highest BCUT2D eigenvalue weighted by molar-refractivity contribution is 6.01. The van der Waals surface area contributed by atoms with Crippen molar-refractivity contribution in [3.05, 3.63) is 35.9 Å². The largest absolute Gasteiger partial charge is 0.444 e. The molecular weight excluding hydrogens is 294 g/mol. The van der Waals surface area contributed by atoms with Crippen molar-refractivity contribution < 1.29 is 19.1 Å². The van der Waals surface area contributed by atoms with Gasteiger partial charge in [-0.05, 0) is 27.2 Å². The van der Waals surface area contributed by atoms with Crippen molar-refractivity contribution in [1.82, 2.24) is 4.90 Å². The molecule has 5 heteroatoms. The van der Waals surface area contributed by atoms with Crippen LogP contribution in [0.5, 0.6) is 0 Å². The third kappa shape index (κ3) is 4.65. The second-order valence-electron chi connectivity index (χ2n) is 6.75. The lowest BCUT2D eigenvalue weighted by Crippen LogP contribution is -2.51. The number of benzene rings is 1. The number of piperidine rings is 1. The lowest BCUT2D eigenvalue weighted by atomic mass is 9.94. The van der Waals surface area contributed by atoms with Crippen LogP contribution in [0.2, 0.25) is 0 Å². The molecule has 1 heterocycles. The number of carbonyl (C=O) groups is 3. The Morgan fingerprint density at radius 2 is 1.87 bits per heavy atom. The lowest BCUT2D eigenvalue weighted by molar-refractivity contribution is -0.126. The summed E-state index contributed by atoms with van der Waals surface area (Å²) >= 11 is 0. The molecule has 1 unspecified atom stereocenters. The number of nitrogens with zero attached hydrogens (tertiary/aromatic N) is 1. The Morgan fingerprint density at radius 1 is 1.22 bits per heavy atom. The van der Waals surface area contributed by atoms with E-state index in [-0.39, 0.29) is 18.0 Å². The molecule has 1 fully saturated rings. The Balaban J connectivity index is 2.13. The number of hydrogen-bond donors (Lipinski definition) is 0. The highest BCUT2D eigenvalue weighted by atomic mass is 16.6. The van der Waals surface area contributed by atoms with Crippen LogP contribution >= 0.6 is 0 Å². The Bertz CT molecular complexity index is 589. The van der Waals surface area contributed by atoms with Gasteiger partial charge >= 0.3 is 6.09 Å². The van der Waals surface area contributed by atoms with E-state index in [1.54, 1.807) is 45.0 Å². The van der Waals surface area contributed by atoms with Gasteiger partial charge < -0.3 is 4.74 Å². The molecular formula is C18H23NO4. The molecule has 5 nitrogen and oxygen atoms in total. The van der Waals surface area contributed by atoms with Gasteiger partial charge in [0.1, 0.15) is 11.6 Å². The summed E-state index contributed by atoms with van der Waals surface area (Å²) in [6.45, 7) is 5.77. The average molecular weight is 317 g/mol. The van der Waals surface area contributed by atoms with Crippen LogP contribution in [-0.4, -0.2) is 40.7 Å². The van der Waals surface area contributed by atoms with Gasteiger partial charge in [-0.1, -0.05) is 30.3 Å². The number of ether oxygens (including phenoxy) is 1. The Labute approximate surface area is 136 Å². The van der Waals surface area contributed by atoms with Crippen LogP contribution in [0.4, 0.5) is 4.79 Å². The quantitative estimate of drug-likeness (QED) is 0.803. The SMILES string of the molecule is CC(C)(C)OC(=O)N1CCCC(=O)C1CC(=O)c1ccccc1. The van der Waals surface area contributed by atoms with Gasteiger partial charge in [-0.3, -0.25) is 14.5 Å². The summed E-state index contributed by atoms with van der Waals surface area (Å²) in [5.41, 5.74) is -0.0824. The Hall–Kier alpha value is -2.17. The molecule has 124 valence electrons. The van der Waals surface area contributed by atoms with Gasteiger partial charge in [0.2, 0.25) is 0 Å². The molecule has 0 aromatic heterocycles. The van der Waals surface area contributed by atoms with Crippen LogP contribution in [0.15, 0.2) is 30.3 Å². The second kappa shape index (κ2) is 6.94. The molecule has 1 aromatic carbocycles. The van der Waals surface area contributed by atoms with Gasteiger partial charge in [-0.2, -0.15) is 0 Å². The summed E-state index contributed by atoms with van der Waals surface area (Å²) < 4.78 is 5.37. The molecule has 1 amide bonds. The number of carbonyl (C=O) groups excluding carboxylic acids is 3. The first kappa shape index (κ1) is 17.2. The first-order valence-corrected chi connectivity index (χ1v) is 7.88. The van der Waals surface area contributed by atoms with E-state index in [2.05, 4.69) is 0 Å². The van der Waals surface area contributed by atoms with Crippen LogP contribution in [0.3, 0.4) is 0 Å². The zero-order chi connectivity index (χ0) is 17.0. The molecule has 1 aliphatic rings. The molecule has 0 bridgehead atoms. The maximum atomic E-state index is 12.4. The van der Waals surface area contributed by atoms with Crippen molar-refractivity contribution in [3.8, 4) is 0 Å². The van der Waals surface area contributed by atoms with E-state index in [0.29, 0.717) is 24.9 Å². The van der Waals surface area contributed by atoms with Crippen LogP contribution < -0.4 is 0 Å². The van der Waals surface area contributed by atoms with Crippen molar-refractivity contribution in [2.75, 3.05) is 6.54 Å². The monoisotopic (exact) mass is 317 g/mol. The minimum Gasteiger partial charge on any atom is -0.444 e. The van der Waals surface area contributed by atoms with Crippen molar-refractivity contribution in [2.24, 2.45) is 0 Å². The van der Waals surface area contributed by atoms with E-state index in [9.17, 15) is 14.4 Å². The number of rotatable bonds is 3. The molecule has 0 radical (unpaired) electrons. The highest BCUT2D eigenvalue weighted by Crippen LogP contribution is 2.21. The van der Waals surface area contributed by atoms with Crippen LogP contribution in [0, 0.1) is 0 Å². The molecule has 23 heavy (non-hydrogen) atoms. The van der Waals surface area contributed by atoms with Crippen LogP contribution in [0.1, 0.15) is 50.4 Å². The smallest absolute Gasteiger partial charge is 0.410 e. The third-order valence-electron chi connectivity index (χ3n) is 3.67. The molecule has 2 rings (SSSR count). The molecule has 0 spiro atoms. The third-order valence-corrected chi connectivity index (χ3v) is 3.67. The lowest BCUT2D eigenvalue weighted by Gasteiger charge is -2.35. The van der Waals surface area contributed by atoms with E-state index in [0.717, 1.165) is 0 Å². The first-order valence-electron chi connectivity index (χ1n) is 7.88. The molecule has 1 aromatic rings. The van der Waals surface area contributed by atoms with Crippen molar-refractivity contribution in [2.45, 2.75) is 51.7 Å². The van der Waals surface area contributed by atoms with Gasteiger partial charge in [-0.15, -0.1) is 0 Å². The van der Waals surface area contributed by atoms with Gasteiger partial charge in [-0.25, -0.2) is 4.79 Å². The fourth-order valence-electron chi connectivity index (χ4n) is 2.60. The van der Waals surface area contributed by atoms with Gasteiger partial charge in [0.05, 0.1) is 0 Å². The summed E-state index contributed by atoms with van der Waals surface area (Å²) in [6, 6.07) is 8.09. The number of likely N-dealkylation sites (tertiary alicyclic amines) is 1. The molecule has 1 atom stereocenters. The van der Waals surface area contributed by atoms with Gasteiger partial charge in [0.25, 0.3) is 0 Å². The second-order valence-corrected chi connectivity index (χ2v) is 6.75. The summed E-state index contributed by atoms with van der Waals surface area (Å²) in [5, 5.41) is 0. The van der Waals surface area contributed by atoms with E-state index >= 15 is 0 Å². The molecule has 0 N–H and O–H groups in total. The van der Waals surface area contributed by atoms with Crippen LogP contribution in [-0.2, 0) is 9.53 Å². The number of amides is 1. The molecule has 1 aliphatic heterocycles. The summed E-state index contributed by atoms with van der Waals surface area (Å²) in [6.07, 6.45) is 0.471. The predicted octanol–water partition coefficient (Wildman–Crippen LogP) is 3.23. The molecule has 0 saturated carbocycles. The maximum Gasteiger partial charge on any atom is 0.410 e. The number of Topliss-reactive ketones (excluding diaryl/α,β-unsaturated/α-hetero) is 2. The fourth-order valence-corrected chi connectivity index (χ4v) is 2.60. The number of hydrogen-bond acceptors (Lipinski definition) is 4. The standard InChI is InChI=1S/C18H23NO4/c1-18(2,3)23-17(22)19-11-7-10-15(20)14(19)12-16(21)13-8-5-4-6-9-13/h4-6,8-9,14H,7,10-12H2,1-3H3. The van der Waals surface area contributed by atoms with Crippen LogP contribution in [0.25, 0.3) is 0 Å². The Morgan fingerprint density at radius 3 is 2.48 bits per heavy atom. The molecule has 0 aliphatic carbocycles. The van der Waals surface area contributed by atoms with Crippen molar-refractivity contribution >= 4 is 17.7 Å². The zero-order valence-electron chi connectivity index (χ0n) is 13.9. The first-order chi connectivity index (χ1) is 10.8. The highest BCUT2D eigenvalue weighted by Gasteiger charge is 2.36. The van der Waals surface area contributed by atoms with Gasteiger partial charge in [0, 0.05) is 24.9 Å². The molecule has 1 saturated heterocycles. The Kier molecular flexibility index (Phi) is 5.19. The summed E-state index contributed by atoms with van der Waals surface area (Å²) in [5.74, 6) is -0.217. The summed E-state index contributed by atoms with van der Waals surface area (Å²) in [4.78, 5) is 38.3. The number of ketones is 2. The predicted molar refractivity (Wildman–Crippen MR) is 86.4 cm³/mol. The van der Waals surface area contributed by atoms with Gasteiger partial charge in [0.15, 0.2) is 11.6 Å². The van der Waals surface area contributed by atoms with E-state index in [1.807, 2.05) is 6.07 Å². The minimum absolute atomic E-state index is 0.00207. The average Bonchev–Trinajstić information content (AvgIpc) is 2.48. The minimum atomic E-state index is -0.730. The maximum absolute atomic E-state index is 12.4. The topological polar surface area (TPSA) is 63.7 Å². The van der Waals surface area contributed by atoms with Crippen molar-refractivity contribution in [3.63, 3.8) is 0 Å². The van der Waals surface area contributed by atoms with Crippen molar-refractivity contribution in [1.29, 1.82) is 0 Å². The van der Waals surface area contributed by atoms with E-state index in [1.165, 1.54) is 4.90 Å². The van der Waals surface area contributed by atoms with E-state index < -0.39 is 17.7 Å². The fraction of sp³-hybridized carbons (Fsp3) is 0.500.